The zero-order chi connectivity index (χ0) is 18.8. The molecule has 4 aromatic rings. The summed E-state index contributed by atoms with van der Waals surface area (Å²) in [6, 6.07) is 19.0. The van der Waals surface area contributed by atoms with Crippen molar-refractivity contribution < 1.29 is 9.21 Å². The highest BCUT2D eigenvalue weighted by Crippen LogP contribution is 2.37. The predicted molar refractivity (Wildman–Crippen MR) is 111 cm³/mol. The van der Waals surface area contributed by atoms with Crippen LogP contribution in [0.1, 0.15) is 21.0 Å². The van der Waals surface area contributed by atoms with Crippen molar-refractivity contribution in [3.63, 3.8) is 0 Å². The predicted octanol–water partition coefficient (Wildman–Crippen LogP) is 6.64. The fourth-order valence-electron chi connectivity index (χ4n) is 2.91. The number of nitrogens with zero attached hydrogens (tertiary/aromatic N) is 1. The molecule has 27 heavy (non-hydrogen) atoms. The van der Waals surface area contributed by atoms with Crippen LogP contribution in [0, 0.1) is 0 Å². The maximum atomic E-state index is 13.3. The van der Waals surface area contributed by atoms with Crippen molar-refractivity contribution in [1.29, 1.82) is 0 Å². The van der Waals surface area contributed by atoms with Gasteiger partial charge in [0.2, 0.25) is 0 Å². The summed E-state index contributed by atoms with van der Waals surface area (Å²) in [4.78, 5) is 15.6. The van der Waals surface area contributed by atoms with Crippen LogP contribution in [0.2, 0.25) is 10.0 Å². The van der Waals surface area contributed by atoms with Gasteiger partial charge in [0.25, 0.3) is 5.91 Å². The number of carbonyl (C=O) groups excluding carboxylic acids is 1. The molecular formula is C21H15Cl2NO2S. The summed E-state index contributed by atoms with van der Waals surface area (Å²) in [6.07, 6.45) is 1.61. The van der Waals surface area contributed by atoms with Gasteiger partial charge >= 0.3 is 0 Å². The van der Waals surface area contributed by atoms with E-state index in [1.807, 2.05) is 54.6 Å². The number of benzene rings is 2. The summed E-state index contributed by atoms with van der Waals surface area (Å²) in [6.45, 7) is 0.831. The zero-order valence-corrected chi connectivity index (χ0v) is 16.5. The third kappa shape index (κ3) is 3.88. The molecule has 0 aliphatic heterocycles. The quantitative estimate of drug-likeness (QED) is 0.365. The number of furan rings is 1. The van der Waals surface area contributed by atoms with Gasteiger partial charge in [-0.1, -0.05) is 59.6 Å². The first kappa shape index (κ1) is 18.1. The van der Waals surface area contributed by atoms with Gasteiger partial charge in [-0.3, -0.25) is 4.79 Å². The molecular weight excluding hydrogens is 401 g/mol. The minimum absolute atomic E-state index is 0.127. The van der Waals surface area contributed by atoms with Crippen LogP contribution in [-0.2, 0) is 13.1 Å². The average molecular weight is 416 g/mol. The maximum Gasteiger partial charge on any atom is 0.266 e. The maximum absolute atomic E-state index is 13.3. The van der Waals surface area contributed by atoms with E-state index >= 15 is 0 Å². The Morgan fingerprint density at radius 2 is 1.81 bits per heavy atom. The summed E-state index contributed by atoms with van der Waals surface area (Å²) in [5.74, 6) is 0.595. The lowest BCUT2D eigenvalue weighted by atomic mass is 10.2. The molecule has 0 saturated carbocycles. The normalized spacial score (nSPS) is 11.0. The smallest absolute Gasteiger partial charge is 0.266 e. The number of amides is 1. The van der Waals surface area contributed by atoms with E-state index in [2.05, 4.69) is 0 Å². The molecule has 0 fully saturated rings. The molecule has 2 heterocycles. The van der Waals surface area contributed by atoms with Crippen molar-refractivity contribution in [2.24, 2.45) is 0 Å². The van der Waals surface area contributed by atoms with Gasteiger partial charge in [-0.15, -0.1) is 11.3 Å². The molecule has 0 aliphatic rings. The molecule has 0 spiro atoms. The second-order valence-corrected chi connectivity index (χ2v) is 7.98. The molecule has 136 valence electrons. The van der Waals surface area contributed by atoms with E-state index in [4.69, 9.17) is 27.6 Å². The number of carbonyl (C=O) groups is 1. The van der Waals surface area contributed by atoms with E-state index in [-0.39, 0.29) is 5.91 Å². The summed E-state index contributed by atoms with van der Waals surface area (Å²) < 4.78 is 6.35. The summed E-state index contributed by atoms with van der Waals surface area (Å²) >= 11 is 14.0. The molecule has 0 N–H and O–H groups in total. The van der Waals surface area contributed by atoms with Gasteiger partial charge in [0.15, 0.2) is 0 Å². The van der Waals surface area contributed by atoms with Crippen LogP contribution in [0.3, 0.4) is 0 Å². The highest BCUT2D eigenvalue weighted by atomic mass is 35.5. The van der Waals surface area contributed by atoms with Crippen LogP contribution in [0.15, 0.2) is 71.3 Å². The molecule has 3 nitrogen and oxygen atoms in total. The Labute approximate surface area is 170 Å². The van der Waals surface area contributed by atoms with E-state index in [0.717, 1.165) is 21.4 Å². The Hall–Kier alpha value is -2.27. The second kappa shape index (κ2) is 7.77. The largest absolute Gasteiger partial charge is 0.467 e. The number of rotatable bonds is 5. The molecule has 0 aliphatic carbocycles. The van der Waals surface area contributed by atoms with Crippen LogP contribution in [0.4, 0.5) is 0 Å². The highest BCUT2D eigenvalue weighted by Gasteiger charge is 2.24. The SMILES string of the molecule is O=C(c1sc2cc(Cl)ccc2c1Cl)N(Cc1ccccc1)Cc1ccco1. The van der Waals surface area contributed by atoms with Crippen LogP contribution in [0.25, 0.3) is 10.1 Å². The van der Waals surface area contributed by atoms with Gasteiger partial charge < -0.3 is 9.32 Å². The van der Waals surface area contributed by atoms with Crippen molar-refractivity contribution in [2.75, 3.05) is 0 Å². The molecule has 0 saturated heterocycles. The van der Waals surface area contributed by atoms with Crippen LogP contribution >= 0.6 is 34.5 Å². The van der Waals surface area contributed by atoms with Gasteiger partial charge in [0, 0.05) is 21.7 Å². The van der Waals surface area contributed by atoms with Crippen LogP contribution < -0.4 is 0 Å². The van der Waals surface area contributed by atoms with Gasteiger partial charge in [-0.25, -0.2) is 0 Å². The zero-order valence-electron chi connectivity index (χ0n) is 14.2. The van der Waals surface area contributed by atoms with Crippen LogP contribution in [-0.4, -0.2) is 10.8 Å². The molecule has 6 heteroatoms. The topological polar surface area (TPSA) is 33.5 Å². The summed E-state index contributed by atoms with van der Waals surface area (Å²) in [5, 5.41) is 1.93. The Morgan fingerprint density at radius 1 is 1.00 bits per heavy atom. The van der Waals surface area contributed by atoms with Crippen molar-refractivity contribution in [1.82, 2.24) is 4.90 Å². The molecule has 0 atom stereocenters. The fourth-order valence-corrected chi connectivity index (χ4v) is 4.67. The first-order chi connectivity index (χ1) is 13.1. The number of hydrogen-bond acceptors (Lipinski definition) is 3. The Bertz CT molecular complexity index is 1070. The van der Waals surface area contributed by atoms with Crippen molar-refractivity contribution in [3.05, 3.63) is 93.2 Å². The van der Waals surface area contributed by atoms with E-state index in [9.17, 15) is 4.79 Å². The first-order valence-electron chi connectivity index (χ1n) is 8.35. The summed E-state index contributed by atoms with van der Waals surface area (Å²) in [7, 11) is 0. The Kier molecular flexibility index (Phi) is 5.21. The molecule has 2 aromatic carbocycles. The van der Waals surface area contributed by atoms with E-state index < -0.39 is 0 Å². The number of hydrogen-bond donors (Lipinski definition) is 0. The fraction of sp³-hybridized carbons (Fsp3) is 0.0952. The van der Waals surface area contributed by atoms with Gasteiger partial charge in [0.05, 0.1) is 17.8 Å². The van der Waals surface area contributed by atoms with E-state index in [0.29, 0.717) is 28.0 Å². The minimum Gasteiger partial charge on any atom is -0.467 e. The molecule has 0 radical (unpaired) electrons. The lowest BCUT2D eigenvalue weighted by Crippen LogP contribution is -2.29. The molecule has 0 bridgehead atoms. The lowest BCUT2D eigenvalue weighted by molar-refractivity contribution is 0.0723. The van der Waals surface area contributed by atoms with Crippen molar-refractivity contribution >= 4 is 50.5 Å². The average Bonchev–Trinajstić information content (AvgIpc) is 3.29. The second-order valence-electron chi connectivity index (χ2n) is 6.11. The summed E-state index contributed by atoms with van der Waals surface area (Å²) in [5.41, 5.74) is 1.04. The van der Waals surface area contributed by atoms with E-state index in [1.54, 1.807) is 17.2 Å². The van der Waals surface area contributed by atoms with Crippen molar-refractivity contribution in [3.8, 4) is 0 Å². The van der Waals surface area contributed by atoms with Crippen molar-refractivity contribution in [2.45, 2.75) is 13.1 Å². The standard InChI is InChI=1S/C21H15Cl2NO2S/c22-15-8-9-17-18(11-15)27-20(19(17)23)21(25)24(13-16-7-4-10-26-16)12-14-5-2-1-3-6-14/h1-11H,12-13H2. The van der Waals surface area contributed by atoms with Crippen LogP contribution in [0.5, 0.6) is 0 Å². The van der Waals surface area contributed by atoms with Gasteiger partial charge in [0.1, 0.15) is 10.6 Å². The monoisotopic (exact) mass is 415 g/mol. The first-order valence-corrected chi connectivity index (χ1v) is 9.92. The number of fused-ring (bicyclic) bond motifs is 1. The Morgan fingerprint density at radius 3 is 2.56 bits per heavy atom. The minimum atomic E-state index is -0.127. The molecule has 2 aromatic heterocycles. The lowest BCUT2D eigenvalue weighted by Gasteiger charge is -2.21. The molecule has 4 rings (SSSR count). The third-order valence-corrected chi connectivity index (χ3v) is 6.10. The van der Waals surface area contributed by atoms with Gasteiger partial charge in [-0.05, 0) is 29.8 Å². The molecule has 0 unspecified atom stereocenters. The third-order valence-electron chi connectivity index (χ3n) is 4.22. The number of thiophene rings is 1. The van der Waals surface area contributed by atoms with E-state index in [1.165, 1.54) is 11.3 Å². The Balaban J connectivity index is 1.70. The molecule has 1 amide bonds. The van der Waals surface area contributed by atoms with Gasteiger partial charge in [-0.2, -0.15) is 0 Å². The number of halogens is 2. The highest BCUT2D eigenvalue weighted by molar-refractivity contribution is 7.21.